The summed E-state index contributed by atoms with van der Waals surface area (Å²) < 4.78 is 9.82. The Morgan fingerprint density at radius 3 is 2.67 bits per heavy atom. The number of aromatic nitrogens is 1. The van der Waals surface area contributed by atoms with Crippen LogP contribution in [0.1, 0.15) is 23.5 Å². The second-order valence-corrected chi connectivity index (χ2v) is 5.44. The Bertz CT molecular complexity index is 595. The average Bonchev–Trinajstić information content (AvgIpc) is 2.92. The number of aryl methyl sites for hydroxylation is 1. The quantitative estimate of drug-likeness (QED) is 0.831. The molecule has 1 aromatic heterocycles. The Balaban J connectivity index is 1.93. The predicted molar refractivity (Wildman–Crippen MR) is 82.8 cm³/mol. The first-order valence-corrected chi connectivity index (χ1v) is 7.44. The molecule has 0 fully saturated rings. The number of thiazole rings is 1. The van der Waals surface area contributed by atoms with Gasteiger partial charge in [0.05, 0.1) is 24.4 Å². The van der Waals surface area contributed by atoms with Crippen LogP contribution < -0.4 is 10.1 Å². The maximum Gasteiger partial charge on any atom is 0.343 e. The van der Waals surface area contributed by atoms with Crippen LogP contribution in [0.4, 0.5) is 5.69 Å². The molecule has 1 unspecified atom stereocenters. The summed E-state index contributed by atoms with van der Waals surface area (Å²) in [7, 11) is 1.33. The number of nitrogens with one attached hydrogen (secondary N) is 1. The van der Waals surface area contributed by atoms with E-state index < -0.39 is 5.97 Å². The van der Waals surface area contributed by atoms with Crippen LogP contribution in [-0.2, 0) is 9.53 Å². The number of nitrogens with zero attached hydrogens (tertiary/aromatic N) is 1. The number of rotatable bonds is 6. The molecule has 1 aromatic carbocycles. The molecular weight excluding hydrogens is 288 g/mol. The Morgan fingerprint density at radius 1 is 1.38 bits per heavy atom. The molecule has 0 aliphatic heterocycles. The van der Waals surface area contributed by atoms with Crippen molar-refractivity contribution in [3.8, 4) is 5.75 Å². The summed E-state index contributed by atoms with van der Waals surface area (Å²) in [6.07, 6.45) is 0. The normalized spacial score (nSPS) is 11.8. The summed E-state index contributed by atoms with van der Waals surface area (Å²) in [6, 6.07) is 7.66. The first kappa shape index (κ1) is 15.3. The molecule has 2 rings (SSSR count). The molecule has 0 saturated heterocycles. The summed E-state index contributed by atoms with van der Waals surface area (Å²) in [6.45, 7) is 4.02. The van der Waals surface area contributed by atoms with Gasteiger partial charge < -0.3 is 14.8 Å². The average molecular weight is 306 g/mol. The third-order valence-electron chi connectivity index (χ3n) is 3.00. The number of carbonyl (C=O) groups is 1. The third-order valence-corrected chi connectivity index (χ3v) is 4.11. The van der Waals surface area contributed by atoms with Gasteiger partial charge in [0.15, 0.2) is 6.61 Å². The van der Waals surface area contributed by atoms with Crippen LogP contribution in [-0.4, -0.2) is 24.7 Å². The monoisotopic (exact) mass is 306 g/mol. The molecule has 0 aliphatic carbocycles. The molecule has 0 spiro atoms. The zero-order chi connectivity index (χ0) is 15.2. The van der Waals surface area contributed by atoms with Crippen molar-refractivity contribution in [3.63, 3.8) is 0 Å². The Hall–Kier alpha value is -2.08. The topological polar surface area (TPSA) is 60.5 Å². The maximum atomic E-state index is 11.0. The predicted octanol–water partition coefficient (Wildman–Crippen LogP) is 3.18. The van der Waals surface area contributed by atoms with Crippen LogP contribution in [0.3, 0.4) is 0 Å². The summed E-state index contributed by atoms with van der Waals surface area (Å²) in [5, 5.41) is 3.41. The molecule has 1 N–H and O–H groups in total. The van der Waals surface area contributed by atoms with Gasteiger partial charge in [0.2, 0.25) is 0 Å². The zero-order valence-electron chi connectivity index (χ0n) is 12.3. The number of hydrogen-bond acceptors (Lipinski definition) is 6. The van der Waals surface area contributed by atoms with Crippen LogP contribution in [0.5, 0.6) is 5.75 Å². The first-order valence-electron chi connectivity index (χ1n) is 6.56. The molecule has 2 aromatic rings. The lowest BCUT2D eigenvalue weighted by molar-refractivity contribution is -0.142. The molecule has 112 valence electrons. The lowest BCUT2D eigenvalue weighted by atomic mass is 10.2. The molecular formula is C15H18N2O3S. The second-order valence-electron chi connectivity index (χ2n) is 4.56. The molecule has 0 amide bonds. The fourth-order valence-electron chi connectivity index (χ4n) is 1.89. The number of carbonyl (C=O) groups excluding carboxylic acids is 1. The van der Waals surface area contributed by atoms with Gasteiger partial charge in [0, 0.05) is 10.6 Å². The van der Waals surface area contributed by atoms with Crippen molar-refractivity contribution in [2.24, 2.45) is 0 Å². The Labute approximate surface area is 127 Å². The van der Waals surface area contributed by atoms with E-state index in [1.54, 1.807) is 11.3 Å². The maximum absolute atomic E-state index is 11.0. The van der Waals surface area contributed by atoms with Crippen LogP contribution in [0.2, 0.25) is 0 Å². The van der Waals surface area contributed by atoms with Gasteiger partial charge in [-0.2, -0.15) is 0 Å². The van der Waals surface area contributed by atoms with E-state index in [2.05, 4.69) is 22.0 Å². The minimum absolute atomic E-state index is 0.0836. The molecule has 6 heteroatoms. The van der Waals surface area contributed by atoms with Crippen LogP contribution in [0.15, 0.2) is 29.8 Å². The molecule has 1 heterocycles. The highest BCUT2D eigenvalue weighted by atomic mass is 32.1. The van der Waals surface area contributed by atoms with Crippen molar-refractivity contribution in [3.05, 3.63) is 40.3 Å². The molecule has 21 heavy (non-hydrogen) atoms. The van der Waals surface area contributed by atoms with Gasteiger partial charge in [0.1, 0.15) is 5.75 Å². The molecule has 1 atom stereocenters. The van der Waals surface area contributed by atoms with Crippen LogP contribution >= 0.6 is 11.3 Å². The van der Waals surface area contributed by atoms with Gasteiger partial charge in [0.25, 0.3) is 0 Å². The standard InChI is InChI=1S/C15H18N2O3S/c1-10-15(21-9-16-10)11(2)17-12-4-6-13(7-5-12)20-8-14(18)19-3/h4-7,9,11,17H,8H2,1-3H3. The van der Waals surface area contributed by atoms with Crippen LogP contribution in [0.25, 0.3) is 0 Å². The van der Waals surface area contributed by atoms with E-state index >= 15 is 0 Å². The summed E-state index contributed by atoms with van der Waals surface area (Å²) in [5.41, 5.74) is 3.89. The number of methoxy groups -OCH3 is 1. The summed E-state index contributed by atoms with van der Waals surface area (Å²) in [5.74, 6) is 0.235. The zero-order valence-corrected chi connectivity index (χ0v) is 13.1. The van der Waals surface area contributed by atoms with E-state index in [0.29, 0.717) is 5.75 Å². The van der Waals surface area contributed by atoms with Gasteiger partial charge in [-0.1, -0.05) is 0 Å². The molecule has 0 bridgehead atoms. The summed E-state index contributed by atoms with van der Waals surface area (Å²) >= 11 is 1.64. The SMILES string of the molecule is COC(=O)COc1ccc(NC(C)c2scnc2C)cc1. The van der Waals surface area contributed by atoms with Crippen molar-refractivity contribution in [2.45, 2.75) is 19.9 Å². The minimum Gasteiger partial charge on any atom is -0.482 e. The van der Waals surface area contributed by atoms with Crippen molar-refractivity contribution in [1.29, 1.82) is 0 Å². The highest BCUT2D eigenvalue weighted by Gasteiger charge is 2.10. The number of anilines is 1. The molecule has 0 aliphatic rings. The van der Waals surface area contributed by atoms with E-state index in [1.165, 1.54) is 12.0 Å². The van der Waals surface area contributed by atoms with Crippen molar-refractivity contribution < 1.29 is 14.3 Å². The second kappa shape index (κ2) is 7.08. The fourth-order valence-corrected chi connectivity index (χ4v) is 2.70. The number of hydrogen-bond donors (Lipinski definition) is 1. The largest absolute Gasteiger partial charge is 0.482 e. The highest BCUT2D eigenvalue weighted by molar-refractivity contribution is 7.09. The molecule has 5 nitrogen and oxygen atoms in total. The Morgan fingerprint density at radius 2 is 2.10 bits per heavy atom. The molecule has 0 saturated carbocycles. The van der Waals surface area contributed by atoms with E-state index in [9.17, 15) is 4.79 Å². The van der Waals surface area contributed by atoms with Crippen molar-refractivity contribution in [1.82, 2.24) is 4.98 Å². The van der Waals surface area contributed by atoms with Gasteiger partial charge in [-0.05, 0) is 38.1 Å². The minimum atomic E-state index is -0.397. The van der Waals surface area contributed by atoms with E-state index in [4.69, 9.17) is 4.74 Å². The van der Waals surface area contributed by atoms with Gasteiger partial charge in [-0.15, -0.1) is 11.3 Å². The van der Waals surface area contributed by atoms with E-state index in [-0.39, 0.29) is 12.6 Å². The van der Waals surface area contributed by atoms with E-state index in [0.717, 1.165) is 11.4 Å². The van der Waals surface area contributed by atoms with Crippen molar-refractivity contribution >= 4 is 23.0 Å². The van der Waals surface area contributed by atoms with Crippen molar-refractivity contribution in [2.75, 3.05) is 19.0 Å². The smallest absolute Gasteiger partial charge is 0.343 e. The summed E-state index contributed by atoms with van der Waals surface area (Å²) in [4.78, 5) is 16.5. The number of ether oxygens (including phenoxy) is 2. The fraction of sp³-hybridized carbons (Fsp3) is 0.333. The van der Waals surface area contributed by atoms with Gasteiger partial charge in [-0.3, -0.25) is 0 Å². The van der Waals surface area contributed by atoms with Crippen LogP contribution in [0, 0.1) is 6.92 Å². The first-order chi connectivity index (χ1) is 10.1. The Kier molecular flexibility index (Phi) is 5.16. The van der Waals surface area contributed by atoms with E-state index in [1.807, 2.05) is 36.7 Å². The van der Waals surface area contributed by atoms with Gasteiger partial charge >= 0.3 is 5.97 Å². The number of esters is 1. The number of benzene rings is 1. The molecule has 0 radical (unpaired) electrons. The van der Waals surface area contributed by atoms with Gasteiger partial charge in [-0.25, -0.2) is 9.78 Å². The lowest BCUT2D eigenvalue weighted by Gasteiger charge is -2.14. The highest BCUT2D eigenvalue weighted by Crippen LogP contribution is 2.26. The third kappa shape index (κ3) is 4.19. The lowest BCUT2D eigenvalue weighted by Crippen LogP contribution is -2.12.